The molecule has 0 spiro atoms. The Hall–Kier alpha value is -1.10. The van der Waals surface area contributed by atoms with Crippen molar-refractivity contribution in [2.45, 2.75) is 31.3 Å². The number of methoxy groups -OCH3 is 1. The average Bonchev–Trinajstić information content (AvgIpc) is 1.98. The van der Waals surface area contributed by atoms with Gasteiger partial charge < -0.3 is 15.8 Å². The van der Waals surface area contributed by atoms with Gasteiger partial charge in [0.2, 0.25) is 5.91 Å². The second-order valence-electron chi connectivity index (χ2n) is 3.42. The Morgan fingerprint density at radius 3 is 2.38 bits per heavy atom. The Morgan fingerprint density at radius 2 is 2.08 bits per heavy atom. The Kier molecular flexibility index (Phi) is 2.56. The van der Waals surface area contributed by atoms with E-state index >= 15 is 0 Å². The molecule has 5 nitrogen and oxygen atoms in total. The van der Waals surface area contributed by atoms with Crippen LogP contribution < -0.4 is 11.1 Å². The molecule has 0 atom stereocenters. The van der Waals surface area contributed by atoms with Crippen LogP contribution in [0.3, 0.4) is 0 Å². The molecule has 1 amide bonds. The number of ether oxygens (including phenoxy) is 1. The number of carbonyl (C=O) groups is 2. The smallest absolute Gasteiger partial charge is 0.331 e. The van der Waals surface area contributed by atoms with E-state index in [1.165, 1.54) is 14.0 Å². The Balaban J connectivity index is 2.66. The predicted molar refractivity (Wildman–Crippen MR) is 45.8 cm³/mol. The molecule has 0 unspecified atom stereocenters. The van der Waals surface area contributed by atoms with E-state index in [-0.39, 0.29) is 11.9 Å². The highest BCUT2D eigenvalue weighted by atomic mass is 16.5. The quantitative estimate of drug-likeness (QED) is 0.551. The lowest BCUT2D eigenvalue weighted by Gasteiger charge is -2.43. The highest BCUT2D eigenvalue weighted by Gasteiger charge is 2.50. The lowest BCUT2D eigenvalue weighted by atomic mass is 9.73. The molecule has 0 aromatic rings. The van der Waals surface area contributed by atoms with Gasteiger partial charge in [0.1, 0.15) is 5.54 Å². The Morgan fingerprint density at radius 1 is 1.54 bits per heavy atom. The van der Waals surface area contributed by atoms with Crippen molar-refractivity contribution in [1.29, 1.82) is 0 Å². The van der Waals surface area contributed by atoms with E-state index in [1.807, 2.05) is 0 Å². The van der Waals surface area contributed by atoms with Crippen LogP contribution in [-0.4, -0.2) is 30.6 Å². The van der Waals surface area contributed by atoms with Crippen molar-refractivity contribution in [2.24, 2.45) is 5.73 Å². The molecule has 0 radical (unpaired) electrons. The minimum Gasteiger partial charge on any atom is -0.467 e. The summed E-state index contributed by atoms with van der Waals surface area (Å²) >= 11 is 0. The fourth-order valence-corrected chi connectivity index (χ4v) is 1.69. The molecule has 0 aromatic heterocycles. The van der Waals surface area contributed by atoms with Gasteiger partial charge >= 0.3 is 5.97 Å². The molecule has 0 bridgehead atoms. The second kappa shape index (κ2) is 3.33. The number of hydrogen-bond acceptors (Lipinski definition) is 4. The zero-order chi connectivity index (χ0) is 10.1. The van der Waals surface area contributed by atoms with E-state index in [9.17, 15) is 9.59 Å². The third kappa shape index (κ3) is 1.80. The summed E-state index contributed by atoms with van der Waals surface area (Å²) < 4.78 is 4.60. The second-order valence-corrected chi connectivity index (χ2v) is 3.42. The van der Waals surface area contributed by atoms with Crippen molar-refractivity contribution in [3.8, 4) is 0 Å². The minimum atomic E-state index is -0.861. The van der Waals surface area contributed by atoms with E-state index in [2.05, 4.69) is 10.1 Å². The van der Waals surface area contributed by atoms with E-state index in [4.69, 9.17) is 5.73 Å². The van der Waals surface area contributed by atoms with Gasteiger partial charge in [0, 0.05) is 13.0 Å². The van der Waals surface area contributed by atoms with Gasteiger partial charge in [-0.2, -0.15) is 0 Å². The summed E-state index contributed by atoms with van der Waals surface area (Å²) in [5.41, 5.74) is 4.70. The van der Waals surface area contributed by atoms with Crippen LogP contribution in [0.15, 0.2) is 0 Å². The molecule has 13 heavy (non-hydrogen) atoms. The summed E-state index contributed by atoms with van der Waals surface area (Å²) in [6, 6.07) is -0.0223. The van der Waals surface area contributed by atoms with Gasteiger partial charge in [0.05, 0.1) is 7.11 Å². The molecule has 0 aliphatic heterocycles. The molecule has 1 aliphatic carbocycles. The number of amides is 1. The number of rotatable bonds is 2. The third-order valence-electron chi connectivity index (χ3n) is 2.21. The van der Waals surface area contributed by atoms with Crippen LogP contribution in [0.1, 0.15) is 19.8 Å². The highest BCUT2D eigenvalue weighted by molar-refractivity contribution is 5.88. The topological polar surface area (TPSA) is 81.4 Å². The predicted octanol–water partition coefficient (Wildman–Crippen LogP) is -0.845. The van der Waals surface area contributed by atoms with Crippen LogP contribution in [0.25, 0.3) is 0 Å². The average molecular weight is 186 g/mol. The summed E-state index contributed by atoms with van der Waals surface area (Å²) in [5.74, 6) is -0.651. The molecule has 0 saturated heterocycles. The SMILES string of the molecule is COC(=O)C1(NC(C)=O)CC(N)C1. The van der Waals surface area contributed by atoms with Crippen LogP contribution >= 0.6 is 0 Å². The lowest BCUT2D eigenvalue weighted by Crippen LogP contribution is -2.66. The standard InChI is InChI=1S/C8H14N2O3/c1-5(11)10-8(7(12)13-2)3-6(9)4-8/h6H,3-4,9H2,1-2H3,(H,10,11). The van der Waals surface area contributed by atoms with Gasteiger partial charge in [-0.25, -0.2) is 4.79 Å². The van der Waals surface area contributed by atoms with Crippen LogP contribution in [0.2, 0.25) is 0 Å². The molecular formula is C8H14N2O3. The van der Waals surface area contributed by atoms with Crippen molar-refractivity contribution in [3.05, 3.63) is 0 Å². The fourth-order valence-electron chi connectivity index (χ4n) is 1.69. The van der Waals surface area contributed by atoms with E-state index in [0.29, 0.717) is 12.8 Å². The summed E-state index contributed by atoms with van der Waals surface area (Å²) in [6.45, 7) is 1.37. The first kappa shape index (κ1) is 9.98. The van der Waals surface area contributed by atoms with Crippen molar-refractivity contribution < 1.29 is 14.3 Å². The maximum absolute atomic E-state index is 11.3. The summed E-state index contributed by atoms with van der Waals surface area (Å²) in [4.78, 5) is 22.1. The van der Waals surface area contributed by atoms with Crippen LogP contribution in [0, 0.1) is 0 Å². The monoisotopic (exact) mass is 186 g/mol. The van der Waals surface area contributed by atoms with Crippen molar-refractivity contribution >= 4 is 11.9 Å². The highest BCUT2D eigenvalue weighted by Crippen LogP contribution is 2.32. The van der Waals surface area contributed by atoms with Gasteiger partial charge in [-0.15, -0.1) is 0 Å². The van der Waals surface area contributed by atoms with Gasteiger partial charge in [-0.3, -0.25) is 4.79 Å². The van der Waals surface area contributed by atoms with Crippen molar-refractivity contribution in [3.63, 3.8) is 0 Å². The zero-order valence-corrected chi connectivity index (χ0v) is 7.79. The normalized spacial score (nSPS) is 31.8. The minimum absolute atomic E-state index is 0.0223. The Labute approximate surface area is 76.6 Å². The van der Waals surface area contributed by atoms with Crippen molar-refractivity contribution in [2.75, 3.05) is 7.11 Å². The Bertz CT molecular complexity index is 234. The van der Waals surface area contributed by atoms with Gasteiger partial charge in [-0.1, -0.05) is 0 Å². The first-order chi connectivity index (χ1) is 6.00. The van der Waals surface area contributed by atoms with Gasteiger partial charge in [-0.05, 0) is 12.8 Å². The maximum atomic E-state index is 11.3. The van der Waals surface area contributed by atoms with Crippen molar-refractivity contribution in [1.82, 2.24) is 5.32 Å². The molecule has 3 N–H and O–H groups in total. The fraction of sp³-hybridized carbons (Fsp3) is 0.750. The number of nitrogens with two attached hydrogens (primary N) is 1. The van der Waals surface area contributed by atoms with Crippen LogP contribution in [0.4, 0.5) is 0 Å². The summed E-state index contributed by atoms with van der Waals surface area (Å²) in [7, 11) is 1.30. The number of esters is 1. The largest absolute Gasteiger partial charge is 0.467 e. The molecule has 1 fully saturated rings. The van der Waals surface area contributed by atoms with Gasteiger partial charge in [0.25, 0.3) is 0 Å². The molecule has 5 heteroatoms. The molecule has 1 rings (SSSR count). The lowest BCUT2D eigenvalue weighted by molar-refractivity contribution is -0.155. The van der Waals surface area contributed by atoms with E-state index < -0.39 is 11.5 Å². The number of nitrogens with one attached hydrogen (secondary N) is 1. The number of carbonyl (C=O) groups excluding carboxylic acids is 2. The molecule has 1 aliphatic rings. The molecule has 74 valence electrons. The first-order valence-electron chi connectivity index (χ1n) is 4.13. The molecule has 1 saturated carbocycles. The zero-order valence-electron chi connectivity index (χ0n) is 7.79. The van der Waals surface area contributed by atoms with Crippen LogP contribution in [-0.2, 0) is 14.3 Å². The van der Waals surface area contributed by atoms with Gasteiger partial charge in [0.15, 0.2) is 0 Å². The number of hydrogen-bond donors (Lipinski definition) is 2. The maximum Gasteiger partial charge on any atom is 0.331 e. The molecular weight excluding hydrogens is 172 g/mol. The molecule has 0 heterocycles. The van der Waals surface area contributed by atoms with Crippen LogP contribution in [0.5, 0.6) is 0 Å². The first-order valence-corrected chi connectivity index (χ1v) is 4.13. The summed E-state index contributed by atoms with van der Waals surface area (Å²) in [6.07, 6.45) is 0.915. The van der Waals surface area contributed by atoms with E-state index in [0.717, 1.165) is 0 Å². The molecule has 0 aromatic carbocycles. The summed E-state index contributed by atoms with van der Waals surface area (Å²) in [5, 5.41) is 2.58. The van der Waals surface area contributed by atoms with E-state index in [1.54, 1.807) is 0 Å². The third-order valence-corrected chi connectivity index (χ3v) is 2.21.